The maximum absolute atomic E-state index is 13.8. The lowest BCUT2D eigenvalue weighted by atomic mass is 9.96. The van der Waals surface area contributed by atoms with Gasteiger partial charge >= 0.3 is 6.03 Å². The minimum absolute atomic E-state index is 0.00273. The lowest BCUT2D eigenvalue weighted by molar-refractivity contribution is -0.126. The number of hydrogen-bond acceptors (Lipinski definition) is 12. The number of piperidine rings is 1. The van der Waals surface area contributed by atoms with E-state index in [2.05, 4.69) is 47.1 Å². The normalized spacial score (nSPS) is 15.0. The number of H-pyrrole nitrogens is 1. The number of halogens is 1. The maximum Gasteiger partial charge on any atom is 0.319 e. The number of likely N-dealkylation sites (tertiary alicyclic amines) is 1. The molecule has 2 aliphatic rings. The number of hydrogen-bond donors (Lipinski definition) is 8. The molecular weight excluding hydrogens is 1030 g/mol. The Morgan fingerprint density at radius 1 is 0.924 bits per heavy atom. The molecule has 79 heavy (non-hydrogen) atoms. The van der Waals surface area contributed by atoms with E-state index in [-0.39, 0.29) is 66.5 Å². The molecule has 7 rings (SSSR count). The monoisotopic (exact) mass is 1100 g/mol. The summed E-state index contributed by atoms with van der Waals surface area (Å²) in [5, 5.41) is 26.1. The maximum atomic E-state index is 13.8. The number of aryl methyl sites for hydroxylation is 1. The number of methoxy groups -OCH3 is 1. The summed E-state index contributed by atoms with van der Waals surface area (Å²) in [7, 11) is 8.49. The third kappa shape index (κ3) is 14.7. The number of guanidine groups is 1. The van der Waals surface area contributed by atoms with Gasteiger partial charge in [-0.2, -0.15) is 10.1 Å². The molecule has 1 atom stereocenters. The zero-order chi connectivity index (χ0) is 57.0. The first kappa shape index (κ1) is 58.6. The van der Waals surface area contributed by atoms with Gasteiger partial charge in [0.25, 0.3) is 17.4 Å². The number of aromatic nitrogens is 3. The van der Waals surface area contributed by atoms with Crippen molar-refractivity contribution in [3.05, 3.63) is 116 Å². The van der Waals surface area contributed by atoms with Gasteiger partial charge in [0, 0.05) is 86.6 Å². The number of likely N-dealkylation sites (N-methyl/N-ethyl adjacent to an activating group) is 2. The third-order valence-electron chi connectivity index (χ3n) is 14.2. The Bertz CT molecular complexity index is 3130. The van der Waals surface area contributed by atoms with Crippen LogP contribution in [-0.2, 0) is 33.5 Å². The molecule has 0 saturated carbocycles. The standard InChI is InChI=1S/C56H73ClN14O8/c1-34(57)49(62-40-28-38-29-44(79-33-46(73)59-4)53(76)69(7)47(38)43(30-40)78-8)65-54(58)70-26-23-37(24-27-70)51(74)60-25-15-10-9-14-18-45(72)61-39-21-19-36(20-22-39)52(75)64-50-41-31-71(56(2,3)48(41)66-67-50)55(77)63-42(32-68(5)6)35-16-12-11-13-17-35/h11-13,16-17,19-22,28-30,37,42,62H,9-10,14-15,18,23-27,31-33H2,1-8H3,(H2,58,65)(H,59,73)(H,60,74)(H,61,72)(H,63,77)(H2,64,66,67,75)/b49-34+/t42-/m1/s1. The Kier molecular flexibility index (Phi) is 19.6. The van der Waals surface area contributed by atoms with Crippen LogP contribution in [0.4, 0.5) is 22.0 Å². The second kappa shape index (κ2) is 26.5. The predicted octanol–water partition coefficient (Wildman–Crippen LogP) is 6.28. The first-order valence-corrected chi connectivity index (χ1v) is 26.8. The highest BCUT2D eigenvalue weighted by Crippen LogP contribution is 2.41. The van der Waals surface area contributed by atoms with Crippen LogP contribution in [0.25, 0.3) is 10.9 Å². The van der Waals surface area contributed by atoms with E-state index in [4.69, 9.17) is 26.8 Å². The average molecular weight is 1110 g/mol. The zero-order valence-electron chi connectivity index (χ0n) is 46.2. The Balaban J connectivity index is 0.793. The van der Waals surface area contributed by atoms with Crippen LogP contribution in [0.1, 0.15) is 98.9 Å². The molecule has 6 amide bonds. The van der Waals surface area contributed by atoms with Gasteiger partial charge in [-0.25, -0.2) is 4.79 Å². The number of ether oxygens (including phenoxy) is 2. The number of aliphatic imine (C=N–C) groups is 1. The molecule has 9 N–H and O–H groups in total. The van der Waals surface area contributed by atoms with Gasteiger partial charge in [0.1, 0.15) is 11.6 Å². The van der Waals surface area contributed by atoms with E-state index < -0.39 is 11.1 Å². The van der Waals surface area contributed by atoms with Crippen molar-refractivity contribution >= 4 is 75.3 Å². The van der Waals surface area contributed by atoms with Gasteiger partial charge in [0.05, 0.1) is 41.5 Å². The van der Waals surface area contributed by atoms with Gasteiger partial charge in [-0.05, 0) is 103 Å². The molecule has 2 aromatic heterocycles. The van der Waals surface area contributed by atoms with E-state index in [9.17, 15) is 28.8 Å². The lowest BCUT2D eigenvalue weighted by Crippen LogP contribution is -2.48. The van der Waals surface area contributed by atoms with Crippen LogP contribution in [0, 0.1) is 5.92 Å². The molecule has 1 fully saturated rings. The molecular formula is C56H73ClN14O8. The van der Waals surface area contributed by atoms with E-state index in [0.29, 0.717) is 102 Å². The summed E-state index contributed by atoms with van der Waals surface area (Å²) in [5.74, 6) is 0.218. The number of anilines is 3. The number of pyridine rings is 1. The van der Waals surface area contributed by atoms with Crippen LogP contribution in [0.2, 0.25) is 0 Å². The predicted molar refractivity (Wildman–Crippen MR) is 306 cm³/mol. The van der Waals surface area contributed by atoms with Gasteiger partial charge in [-0.3, -0.25) is 29.1 Å². The number of allylic oxidation sites excluding steroid dienone is 1. The molecule has 0 radical (unpaired) electrons. The summed E-state index contributed by atoms with van der Waals surface area (Å²) >= 11 is 6.51. The zero-order valence-corrected chi connectivity index (χ0v) is 46.9. The topological polar surface area (TPSA) is 275 Å². The van der Waals surface area contributed by atoms with Crippen LogP contribution < -0.4 is 52.7 Å². The van der Waals surface area contributed by atoms with Crippen molar-refractivity contribution in [2.45, 2.75) is 83.8 Å². The van der Waals surface area contributed by atoms with Crippen molar-refractivity contribution in [3.63, 3.8) is 0 Å². The fourth-order valence-corrected chi connectivity index (χ4v) is 9.77. The van der Waals surface area contributed by atoms with Crippen LogP contribution in [0.15, 0.2) is 93.4 Å². The summed E-state index contributed by atoms with van der Waals surface area (Å²) in [6, 6.07) is 21.1. The molecule has 0 bridgehead atoms. The highest BCUT2D eigenvalue weighted by Gasteiger charge is 2.44. The van der Waals surface area contributed by atoms with Gasteiger partial charge in [-0.15, -0.1) is 0 Å². The molecule has 2 aliphatic heterocycles. The van der Waals surface area contributed by atoms with Crippen molar-refractivity contribution in [3.8, 4) is 11.5 Å². The van der Waals surface area contributed by atoms with E-state index in [1.54, 1.807) is 61.3 Å². The first-order chi connectivity index (χ1) is 37.8. The summed E-state index contributed by atoms with van der Waals surface area (Å²) in [4.78, 5) is 88.2. The fourth-order valence-electron chi connectivity index (χ4n) is 9.68. The lowest BCUT2D eigenvalue weighted by Gasteiger charge is -2.34. The molecule has 1 saturated heterocycles. The number of fused-ring (bicyclic) bond motifs is 2. The Labute approximate surface area is 464 Å². The number of rotatable bonds is 22. The summed E-state index contributed by atoms with van der Waals surface area (Å²) < 4.78 is 12.6. The van der Waals surface area contributed by atoms with E-state index in [1.807, 2.05) is 68.1 Å². The largest absolute Gasteiger partial charge is 0.494 e. The molecule has 0 spiro atoms. The summed E-state index contributed by atoms with van der Waals surface area (Å²) in [5.41, 5.74) is 9.85. The van der Waals surface area contributed by atoms with Crippen LogP contribution >= 0.6 is 11.6 Å². The Hall–Kier alpha value is -8.11. The quantitative estimate of drug-likeness (QED) is 0.0216. The number of amides is 6. The third-order valence-corrected chi connectivity index (χ3v) is 14.3. The molecule has 0 unspecified atom stereocenters. The second-order valence-electron chi connectivity index (χ2n) is 20.5. The molecule has 422 valence electrons. The minimum atomic E-state index is -0.717. The van der Waals surface area contributed by atoms with Crippen LogP contribution in [-0.4, -0.2) is 126 Å². The molecule has 23 heteroatoms. The van der Waals surface area contributed by atoms with E-state index in [1.165, 1.54) is 18.7 Å². The molecule has 5 aromatic rings. The number of aromatic amines is 1. The van der Waals surface area contributed by atoms with Crippen LogP contribution in [0.3, 0.4) is 0 Å². The number of nitrogens with zero attached hydrogens (tertiary/aromatic N) is 6. The molecule has 4 heterocycles. The van der Waals surface area contributed by atoms with Gasteiger partial charge in [-0.1, -0.05) is 54.8 Å². The summed E-state index contributed by atoms with van der Waals surface area (Å²) in [6.45, 7) is 7.68. The number of urea groups is 1. The van der Waals surface area contributed by atoms with Crippen molar-refractivity contribution in [1.29, 1.82) is 0 Å². The smallest absolute Gasteiger partial charge is 0.319 e. The van der Waals surface area contributed by atoms with Crippen molar-refractivity contribution in [2.75, 3.05) is 77.0 Å². The first-order valence-electron chi connectivity index (χ1n) is 26.4. The average Bonchev–Trinajstić information content (AvgIpc) is 4.11. The van der Waals surface area contributed by atoms with Crippen molar-refractivity contribution in [1.82, 2.24) is 45.4 Å². The van der Waals surface area contributed by atoms with Crippen molar-refractivity contribution < 1.29 is 33.4 Å². The second-order valence-corrected chi connectivity index (χ2v) is 21.0. The number of carbonyl (C=O) groups excluding carboxylic acids is 5. The number of carbonyl (C=O) groups is 5. The molecule has 0 aliphatic carbocycles. The summed E-state index contributed by atoms with van der Waals surface area (Å²) in [6.07, 6.45) is 4.64. The highest BCUT2D eigenvalue weighted by atomic mass is 35.5. The van der Waals surface area contributed by atoms with E-state index in [0.717, 1.165) is 36.1 Å². The highest BCUT2D eigenvalue weighted by molar-refractivity contribution is 6.29. The Morgan fingerprint density at radius 3 is 2.30 bits per heavy atom. The Morgan fingerprint density at radius 2 is 1.63 bits per heavy atom. The number of benzene rings is 3. The van der Waals surface area contributed by atoms with Crippen molar-refractivity contribution in [2.24, 2.45) is 23.7 Å². The van der Waals surface area contributed by atoms with Gasteiger partial charge in [0.2, 0.25) is 11.8 Å². The number of nitrogens with two attached hydrogens (primary N) is 1. The number of unbranched alkanes of at least 4 members (excludes halogenated alkanes) is 3. The molecule has 22 nitrogen and oxygen atoms in total. The number of nitrogens with one attached hydrogen (secondary N) is 7. The SMILES string of the molecule is CNC(=O)COc1cc2cc(NC(/N=C(\N)N3CCC(C(=O)NCCCCCCC(=O)Nc4ccc(C(=O)Nc5n[nH]c6c5CN(C(=O)N[C@H](CN(C)C)c5ccccc5)C6(C)C)cc4)CC3)=C(/C)Cl)cc(OC)c2n(C)c1=O. The van der Waals surface area contributed by atoms with Crippen LogP contribution in [0.5, 0.6) is 11.5 Å². The molecule has 3 aromatic carbocycles. The minimum Gasteiger partial charge on any atom is -0.494 e. The fraction of sp³-hybridized carbons (Fsp3) is 0.429. The van der Waals surface area contributed by atoms with Gasteiger partial charge < -0.3 is 66.4 Å². The van der Waals surface area contributed by atoms with Gasteiger partial charge in [0.15, 0.2) is 24.1 Å². The van der Waals surface area contributed by atoms with E-state index >= 15 is 0 Å².